The minimum Gasteiger partial charge on any atom is -0.326 e. The predicted octanol–water partition coefficient (Wildman–Crippen LogP) is 2.27. The van der Waals surface area contributed by atoms with Gasteiger partial charge in [-0.05, 0) is 19.8 Å². The fourth-order valence-corrected chi connectivity index (χ4v) is 1.51. The molecule has 10 heavy (non-hydrogen) atoms. The number of hydrogen-bond donors (Lipinski definition) is 0. The summed E-state index contributed by atoms with van der Waals surface area (Å²) < 4.78 is 1.26. The van der Waals surface area contributed by atoms with Gasteiger partial charge < -0.3 is 4.48 Å². The van der Waals surface area contributed by atoms with E-state index >= 15 is 0 Å². The molecule has 0 heterocycles. The van der Waals surface area contributed by atoms with Crippen molar-refractivity contribution in [2.45, 2.75) is 33.6 Å². The van der Waals surface area contributed by atoms with Crippen LogP contribution < -0.4 is 0 Å². The summed E-state index contributed by atoms with van der Waals surface area (Å²) in [7, 11) is 2.35. The van der Waals surface area contributed by atoms with Crippen LogP contribution in [0.2, 0.25) is 0 Å². The third-order valence-electron chi connectivity index (χ3n) is 2.29. The third kappa shape index (κ3) is 3.21. The molecule has 0 fully saturated rings. The van der Waals surface area contributed by atoms with Crippen LogP contribution in [0, 0.1) is 0 Å². The Morgan fingerprint density at radius 2 is 1.30 bits per heavy atom. The Labute approximate surface area is 65.6 Å². The fourth-order valence-electron chi connectivity index (χ4n) is 1.51. The maximum absolute atomic E-state index is 2.35. The highest BCUT2D eigenvalue weighted by atomic mass is 15.3. The summed E-state index contributed by atoms with van der Waals surface area (Å²) in [5, 5.41) is 0. The minimum atomic E-state index is 1.26. The van der Waals surface area contributed by atoms with E-state index < -0.39 is 0 Å². The highest BCUT2D eigenvalue weighted by molar-refractivity contribution is 4.34. The van der Waals surface area contributed by atoms with Crippen LogP contribution in [0.4, 0.5) is 0 Å². The molecule has 0 atom stereocenters. The lowest BCUT2D eigenvalue weighted by Crippen LogP contribution is -2.44. The first-order valence-corrected chi connectivity index (χ1v) is 4.52. The van der Waals surface area contributed by atoms with Gasteiger partial charge in [-0.15, -0.1) is 0 Å². The van der Waals surface area contributed by atoms with E-state index in [-0.39, 0.29) is 0 Å². The molecule has 0 aliphatic heterocycles. The average molecular weight is 144 g/mol. The summed E-state index contributed by atoms with van der Waals surface area (Å²) in [4.78, 5) is 0. The van der Waals surface area contributed by atoms with Crippen LogP contribution in [-0.4, -0.2) is 31.2 Å². The average Bonchev–Trinajstić information content (AvgIpc) is 1.89. The molecule has 0 aromatic rings. The summed E-state index contributed by atoms with van der Waals surface area (Å²) in [6, 6.07) is 0. The molecular formula is C9H22N+. The Morgan fingerprint density at radius 1 is 0.900 bits per heavy atom. The van der Waals surface area contributed by atoms with E-state index in [4.69, 9.17) is 0 Å². The van der Waals surface area contributed by atoms with Crippen molar-refractivity contribution < 1.29 is 4.48 Å². The van der Waals surface area contributed by atoms with Crippen LogP contribution in [0.3, 0.4) is 0 Å². The SMILES string of the molecule is CCC[N+](C)(CC)CCC. The van der Waals surface area contributed by atoms with E-state index in [1.807, 2.05) is 0 Å². The smallest absolute Gasteiger partial charge is 0.0781 e. The third-order valence-corrected chi connectivity index (χ3v) is 2.29. The molecule has 0 saturated carbocycles. The van der Waals surface area contributed by atoms with Crippen molar-refractivity contribution in [2.75, 3.05) is 26.7 Å². The molecule has 0 radical (unpaired) electrons. The van der Waals surface area contributed by atoms with Crippen LogP contribution in [-0.2, 0) is 0 Å². The van der Waals surface area contributed by atoms with Gasteiger partial charge >= 0.3 is 0 Å². The highest BCUT2D eigenvalue weighted by Gasteiger charge is 2.15. The van der Waals surface area contributed by atoms with E-state index in [0.29, 0.717) is 0 Å². The molecule has 1 heteroatoms. The van der Waals surface area contributed by atoms with Crippen LogP contribution in [0.25, 0.3) is 0 Å². The molecule has 0 unspecified atom stereocenters. The topological polar surface area (TPSA) is 0 Å². The Morgan fingerprint density at radius 3 is 1.50 bits per heavy atom. The van der Waals surface area contributed by atoms with E-state index in [9.17, 15) is 0 Å². The van der Waals surface area contributed by atoms with Crippen molar-refractivity contribution in [1.82, 2.24) is 0 Å². The highest BCUT2D eigenvalue weighted by Crippen LogP contribution is 2.04. The second-order valence-electron chi connectivity index (χ2n) is 3.38. The van der Waals surface area contributed by atoms with Gasteiger partial charge in [0.05, 0.1) is 26.7 Å². The lowest BCUT2D eigenvalue weighted by Gasteiger charge is -2.32. The van der Waals surface area contributed by atoms with E-state index in [1.54, 1.807) is 0 Å². The molecule has 0 saturated heterocycles. The largest absolute Gasteiger partial charge is 0.326 e. The summed E-state index contributed by atoms with van der Waals surface area (Å²) in [6.07, 6.45) is 2.62. The summed E-state index contributed by atoms with van der Waals surface area (Å²) in [5.41, 5.74) is 0. The van der Waals surface area contributed by atoms with Crippen molar-refractivity contribution in [3.05, 3.63) is 0 Å². The van der Waals surface area contributed by atoms with Crippen molar-refractivity contribution in [1.29, 1.82) is 0 Å². The van der Waals surface area contributed by atoms with E-state index in [0.717, 1.165) is 0 Å². The summed E-state index contributed by atoms with van der Waals surface area (Å²) in [6.45, 7) is 10.8. The molecule has 0 spiro atoms. The minimum absolute atomic E-state index is 1.26. The van der Waals surface area contributed by atoms with Crippen LogP contribution in [0.5, 0.6) is 0 Å². The van der Waals surface area contributed by atoms with Crippen molar-refractivity contribution >= 4 is 0 Å². The van der Waals surface area contributed by atoms with Gasteiger partial charge in [0, 0.05) is 0 Å². The zero-order valence-electron chi connectivity index (χ0n) is 7.98. The zero-order chi connectivity index (χ0) is 8.04. The maximum atomic E-state index is 2.35. The van der Waals surface area contributed by atoms with E-state index in [2.05, 4.69) is 27.8 Å². The Hall–Kier alpha value is -0.0400. The Kier molecular flexibility index (Phi) is 4.71. The first-order valence-electron chi connectivity index (χ1n) is 4.52. The van der Waals surface area contributed by atoms with Gasteiger partial charge in [0.2, 0.25) is 0 Å². The zero-order valence-corrected chi connectivity index (χ0v) is 7.98. The van der Waals surface area contributed by atoms with Crippen LogP contribution in [0.15, 0.2) is 0 Å². The fraction of sp³-hybridized carbons (Fsp3) is 1.00. The summed E-state index contributed by atoms with van der Waals surface area (Å²) >= 11 is 0. The number of nitrogens with zero attached hydrogens (tertiary/aromatic N) is 1. The molecule has 1 nitrogen and oxygen atoms in total. The molecule has 0 aliphatic rings. The van der Waals surface area contributed by atoms with Crippen molar-refractivity contribution in [2.24, 2.45) is 0 Å². The lowest BCUT2D eigenvalue weighted by atomic mass is 10.3. The number of quaternary nitrogens is 1. The Bertz CT molecular complexity index is 72.8. The second-order valence-corrected chi connectivity index (χ2v) is 3.38. The number of hydrogen-bond acceptors (Lipinski definition) is 0. The monoisotopic (exact) mass is 144 g/mol. The normalized spacial score (nSPS) is 12.0. The van der Waals surface area contributed by atoms with Gasteiger partial charge in [-0.25, -0.2) is 0 Å². The molecule has 0 aliphatic carbocycles. The van der Waals surface area contributed by atoms with Crippen molar-refractivity contribution in [3.8, 4) is 0 Å². The molecular weight excluding hydrogens is 122 g/mol. The second kappa shape index (κ2) is 4.73. The first kappa shape index (κ1) is 9.96. The van der Waals surface area contributed by atoms with Gasteiger partial charge in [0.1, 0.15) is 0 Å². The quantitative estimate of drug-likeness (QED) is 0.519. The van der Waals surface area contributed by atoms with Crippen LogP contribution in [0.1, 0.15) is 33.6 Å². The molecule has 0 rings (SSSR count). The van der Waals surface area contributed by atoms with E-state index in [1.165, 1.54) is 37.0 Å². The lowest BCUT2D eigenvalue weighted by molar-refractivity contribution is -0.907. The molecule has 0 aromatic heterocycles. The first-order chi connectivity index (χ1) is 4.68. The molecule has 0 N–H and O–H groups in total. The van der Waals surface area contributed by atoms with Gasteiger partial charge in [0.15, 0.2) is 0 Å². The molecule has 62 valence electrons. The Balaban J connectivity index is 3.69. The molecule has 0 aromatic carbocycles. The summed E-state index contributed by atoms with van der Waals surface area (Å²) in [5.74, 6) is 0. The maximum Gasteiger partial charge on any atom is 0.0781 e. The molecule has 0 amide bonds. The standard InChI is InChI=1S/C9H22N/c1-5-8-10(4,7-3)9-6-2/h5-9H2,1-4H3/q+1. The van der Waals surface area contributed by atoms with Gasteiger partial charge in [-0.1, -0.05) is 13.8 Å². The van der Waals surface area contributed by atoms with Gasteiger partial charge in [0.25, 0.3) is 0 Å². The van der Waals surface area contributed by atoms with Gasteiger partial charge in [-0.2, -0.15) is 0 Å². The number of rotatable bonds is 5. The van der Waals surface area contributed by atoms with Crippen LogP contribution >= 0.6 is 0 Å². The van der Waals surface area contributed by atoms with Gasteiger partial charge in [-0.3, -0.25) is 0 Å². The molecule has 0 bridgehead atoms. The predicted molar refractivity (Wildman–Crippen MR) is 47.0 cm³/mol. The van der Waals surface area contributed by atoms with Crippen molar-refractivity contribution in [3.63, 3.8) is 0 Å².